The highest BCUT2D eigenvalue weighted by Crippen LogP contribution is 2.34. The monoisotopic (exact) mass is 276 g/mol. The van der Waals surface area contributed by atoms with Gasteiger partial charge in [0.25, 0.3) is 5.69 Å². The predicted molar refractivity (Wildman–Crippen MR) is 74.8 cm³/mol. The molecule has 2 aromatic rings. The lowest BCUT2D eigenvalue weighted by Gasteiger charge is -2.32. The lowest BCUT2D eigenvalue weighted by Crippen LogP contribution is -2.35. The summed E-state index contributed by atoms with van der Waals surface area (Å²) in [7, 11) is 0. The molecule has 1 aromatic heterocycles. The van der Waals surface area contributed by atoms with E-state index in [1.54, 1.807) is 18.3 Å². The smallest absolute Gasteiger partial charge is 0.293 e. The largest absolute Gasteiger partial charge is 0.396 e. The molecule has 7 heteroatoms. The number of piperidine rings is 1. The third-order valence-electron chi connectivity index (χ3n) is 3.95. The Morgan fingerprint density at radius 3 is 2.85 bits per heavy atom. The molecule has 0 bridgehead atoms. The molecule has 0 spiro atoms. The SMILES string of the molecule is O=[N+]([O-])c1cc2cn[nH]c2cc1N1CCC(CO)CC1. The molecule has 0 aliphatic carbocycles. The summed E-state index contributed by atoms with van der Waals surface area (Å²) in [5.74, 6) is 0.307. The Morgan fingerprint density at radius 2 is 2.20 bits per heavy atom. The highest BCUT2D eigenvalue weighted by atomic mass is 16.6. The first-order chi connectivity index (χ1) is 9.69. The minimum absolute atomic E-state index is 0.112. The molecule has 1 aromatic carbocycles. The zero-order valence-electron chi connectivity index (χ0n) is 11.0. The first-order valence-corrected chi connectivity index (χ1v) is 6.66. The van der Waals surface area contributed by atoms with Gasteiger partial charge < -0.3 is 10.0 Å². The first-order valence-electron chi connectivity index (χ1n) is 6.66. The van der Waals surface area contributed by atoms with Gasteiger partial charge in [-0.3, -0.25) is 15.2 Å². The minimum Gasteiger partial charge on any atom is -0.396 e. The molecular weight excluding hydrogens is 260 g/mol. The molecule has 2 heterocycles. The third-order valence-corrected chi connectivity index (χ3v) is 3.95. The van der Waals surface area contributed by atoms with Crippen LogP contribution in [0.2, 0.25) is 0 Å². The van der Waals surface area contributed by atoms with Crippen LogP contribution in [0, 0.1) is 16.0 Å². The summed E-state index contributed by atoms with van der Waals surface area (Å²) < 4.78 is 0. The summed E-state index contributed by atoms with van der Waals surface area (Å²) in [6.45, 7) is 1.65. The van der Waals surface area contributed by atoms with Crippen LogP contribution in [-0.2, 0) is 0 Å². The number of aliphatic hydroxyl groups is 1. The van der Waals surface area contributed by atoms with Crippen LogP contribution in [0.1, 0.15) is 12.8 Å². The quantitative estimate of drug-likeness (QED) is 0.657. The maximum Gasteiger partial charge on any atom is 0.293 e. The van der Waals surface area contributed by atoms with E-state index in [0.717, 1.165) is 36.8 Å². The molecule has 1 fully saturated rings. The number of rotatable bonds is 3. The van der Waals surface area contributed by atoms with E-state index in [4.69, 9.17) is 5.11 Å². The lowest BCUT2D eigenvalue weighted by atomic mass is 9.97. The zero-order chi connectivity index (χ0) is 14.1. The molecule has 20 heavy (non-hydrogen) atoms. The molecule has 0 unspecified atom stereocenters. The number of anilines is 1. The Kier molecular flexibility index (Phi) is 3.27. The molecule has 0 radical (unpaired) electrons. The summed E-state index contributed by atoms with van der Waals surface area (Å²) in [5.41, 5.74) is 1.54. The van der Waals surface area contributed by atoms with E-state index in [1.807, 2.05) is 4.90 Å². The Hall–Kier alpha value is -2.15. The number of nitro benzene ring substituents is 1. The number of benzene rings is 1. The Labute approximate surface area is 115 Å². The highest BCUT2D eigenvalue weighted by Gasteiger charge is 2.25. The molecule has 1 aliphatic heterocycles. The van der Waals surface area contributed by atoms with Gasteiger partial charge in [-0.25, -0.2) is 0 Å². The van der Waals surface area contributed by atoms with Gasteiger partial charge in [0.1, 0.15) is 5.69 Å². The van der Waals surface area contributed by atoms with Crippen LogP contribution >= 0.6 is 0 Å². The van der Waals surface area contributed by atoms with Gasteiger partial charge in [-0.1, -0.05) is 0 Å². The fourth-order valence-corrected chi connectivity index (χ4v) is 2.72. The van der Waals surface area contributed by atoms with Crippen LogP contribution in [0.3, 0.4) is 0 Å². The maximum atomic E-state index is 11.3. The van der Waals surface area contributed by atoms with Crippen molar-refractivity contribution in [3.63, 3.8) is 0 Å². The fourth-order valence-electron chi connectivity index (χ4n) is 2.72. The first kappa shape index (κ1) is 12.9. The van der Waals surface area contributed by atoms with E-state index >= 15 is 0 Å². The van der Waals surface area contributed by atoms with Crippen LogP contribution in [0.4, 0.5) is 11.4 Å². The van der Waals surface area contributed by atoms with E-state index < -0.39 is 0 Å². The topological polar surface area (TPSA) is 95.3 Å². The number of aromatic amines is 1. The van der Waals surface area contributed by atoms with Crippen LogP contribution in [-0.4, -0.2) is 39.9 Å². The summed E-state index contributed by atoms with van der Waals surface area (Å²) in [6, 6.07) is 3.35. The highest BCUT2D eigenvalue weighted by molar-refractivity contribution is 5.87. The van der Waals surface area contributed by atoms with E-state index in [1.165, 1.54) is 0 Å². The van der Waals surface area contributed by atoms with Crippen LogP contribution in [0.5, 0.6) is 0 Å². The molecule has 0 atom stereocenters. The van der Waals surface area contributed by atoms with Gasteiger partial charge >= 0.3 is 0 Å². The van der Waals surface area contributed by atoms with Crippen LogP contribution in [0.15, 0.2) is 18.3 Å². The summed E-state index contributed by atoms with van der Waals surface area (Å²) >= 11 is 0. The number of nitrogens with one attached hydrogen (secondary N) is 1. The number of nitro groups is 1. The summed E-state index contributed by atoms with van der Waals surface area (Å²) in [6.07, 6.45) is 3.30. The standard InChI is InChI=1S/C13H16N4O3/c18-8-9-1-3-16(4-2-9)12-6-11-10(7-14-15-11)5-13(12)17(19)20/h5-7,9,18H,1-4,8H2,(H,14,15). The van der Waals surface area contributed by atoms with Gasteiger partial charge in [-0.15, -0.1) is 0 Å². The van der Waals surface area contributed by atoms with Crippen molar-refractivity contribution in [3.05, 3.63) is 28.4 Å². The lowest BCUT2D eigenvalue weighted by molar-refractivity contribution is -0.384. The third kappa shape index (κ3) is 2.20. The zero-order valence-corrected chi connectivity index (χ0v) is 11.0. The second-order valence-corrected chi connectivity index (χ2v) is 5.17. The average molecular weight is 276 g/mol. The van der Waals surface area contributed by atoms with E-state index in [9.17, 15) is 10.1 Å². The van der Waals surface area contributed by atoms with E-state index in [0.29, 0.717) is 11.6 Å². The van der Waals surface area contributed by atoms with Gasteiger partial charge in [-0.2, -0.15) is 5.10 Å². The minimum atomic E-state index is -0.347. The molecule has 106 valence electrons. The number of fused-ring (bicyclic) bond motifs is 1. The van der Waals surface area contributed by atoms with Crippen LogP contribution in [0.25, 0.3) is 10.9 Å². The normalized spacial score (nSPS) is 16.8. The molecule has 3 rings (SSSR count). The number of nitrogens with zero attached hydrogens (tertiary/aromatic N) is 3. The van der Waals surface area contributed by atoms with Crippen molar-refractivity contribution < 1.29 is 10.0 Å². The molecule has 0 saturated carbocycles. The summed E-state index contributed by atoms with van der Waals surface area (Å²) in [5, 5.41) is 27.9. The predicted octanol–water partition coefficient (Wildman–Crippen LogP) is 1.68. The van der Waals surface area contributed by atoms with Crippen molar-refractivity contribution in [2.75, 3.05) is 24.6 Å². The number of hydrogen-bond acceptors (Lipinski definition) is 5. The molecule has 2 N–H and O–H groups in total. The number of hydrogen-bond donors (Lipinski definition) is 2. The van der Waals surface area contributed by atoms with Gasteiger partial charge in [0.15, 0.2) is 0 Å². The van der Waals surface area contributed by atoms with Crippen molar-refractivity contribution in [1.82, 2.24) is 10.2 Å². The second kappa shape index (κ2) is 5.09. The Bertz CT molecular complexity index is 632. The molecular formula is C13H16N4O3. The maximum absolute atomic E-state index is 11.3. The van der Waals surface area contributed by atoms with Gasteiger partial charge in [0.2, 0.25) is 0 Å². The van der Waals surface area contributed by atoms with Crippen molar-refractivity contribution in [2.24, 2.45) is 5.92 Å². The van der Waals surface area contributed by atoms with Gasteiger partial charge in [0, 0.05) is 31.1 Å². The van der Waals surface area contributed by atoms with Gasteiger partial charge in [-0.05, 0) is 24.8 Å². The fraction of sp³-hybridized carbons (Fsp3) is 0.462. The van der Waals surface area contributed by atoms with Crippen molar-refractivity contribution in [3.8, 4) is 0 Å². The average Bonchev–Trinajstić information content (AvgIpc) is 2.93. The molecule has 0 amide bonds. The number of aliphatic hydroxyl groups excluding tert-OH is 1. The number of H-pyrrole nitrogens is 1. The summed E-state index contributed by atoms with van der Waals surface area (Å²) in [4.78, 5) is 12.9. The Balaban J connectivity index is 1.97. The Morgan fingerprint density at radius 1 is 1.45 bits per heavy atom. The van der Waals surface area contributed by atoms with Crippen molar-refractivity contribution in [2.45, 2.75) is 12.8 Å². The molecule has 7 nitrogen and oxygen atoms in total. The molecule has 1 saturated heterocycles. The second-order valence-electron chi connectivity index (χ2n) is 5.17. The van der Waals surface area contributed by atoms with E-state index in [-0.39, 0.29) is 17.2 Å². The molecule has 1 aliphatic rings. The van der Waals surface area contributed by atoms with Gasteiger partial charge in [0.05, 0.1) is 16.6 Å². The van der Waals surface area contributed by atoms with Crippen molar-refractivity contribution in [1.29, 1.82) is 0 Å². The number of aromatic nitrogens is 2. The van der Waals surface area contributed by atoms with E-state index in [2.05, 4.69) is 10.2 Å². The van der Waals surface area contributed by atoms with Crippen molar-refractivity contribution >= 4 is 22.3 Å². The van der Waals surface area contributed by atoms with Crippen LogP contribution < -0.4 is 4.90 Å².